The van der Waals surface area contributed by atoms with E-state index in [1.165, 1.54) is 12.4 Å². The van der Waals surface area contributed by atoms with Gasteiger partial charge in [0.15, 0.2) is 6.29 Å². The number of halogens is 2. The monoisotopic (exact) mass is 282 g/mol. The van der Waals surface area contributed by atoms with E-state index in [0.29, 0.717) is 24.1 Å². The van der Waals surface area contributed by atoms with E-state index in [1.54, 1.807) is 22.9 Å². The first kappa shape index (κ1) is 11.0. The Labute approximate surface area is 100 Å². The highest BCUT2D eigenvalue weighted by molar-refractivity contribution is 9.10. The molecule has 0 N–H and O–H groups in total. The van der Waals surface area contributed by atoms with Gasteiger partial charge in [0.25, 0.3) is 0 Å². The van der Waals surface area contributed by atoms with E-state index in [1.807, 2.05) is 0 Å². The SMILES string of the molecule is O=Cc1cn(Cc2cc(Br)ccc2F)cn1. The lowest BCUT2D eigenvalue weighted by atomic mass is 10.2. The first-order chi connectivity index (χ1) is 7.69. The van der Waals surface area contributed by atoms with Gasteiger partial charge in [-0.05, 0) is 18.2 Å². The molecule has 2 rings (SSSR count). The summed E-state index contributed by atoms with van der Waals surface area (Å²) in [6, 6.07) is 4.75. The van der Waals surface area contributed by atoms with Gasteiger partial charge >= 0.3 is 0 Å². The molecule has 1 aromatic carbocycles. The van der Waals surface area contributed by atoms with Gasteiger partial charge in [0.2, 0.25) is 0 Å². The molecule has 16 heavy (non-hydrogen) atoms. The van der Waals surface area contributed by atoms with Crippen molar-refractivity contribution < 1.29 is 9.18 Å². The Kier molecular flexibility index (Phi) is 3.14. The minimum atomic E-state index is -0.274. The summed E-state index contributed by atoms with van der Waals surface area (Å²) in [5.74, 6) is -0.274. The molecular weight excluding hydrogens is 275 g/mol. The maximum absolute atomic E-state index is 13.4. The minimum absolute atomic E-state index is 0.274. The lowest BCUT2D eigenvalue weighted by Crippen LogP contribution is -1.99. The van der Waals surface area contributed by atoms with Crippen molar-refractivity contribution in [2.24, 2.45) is 0 Å². The average molecular weight is 283 g/mol. The Morgan fingerprint density at radius 3 is 3.00 bits per heavy atom. The van der Waals surface area contributed by atoms with Gasteiger partial charge in [-0.1, -0.05) is 15.9 Å². The normalized spacial score (nSPS) is 10.4. The number of imidazole rings is 1. The number of aromatic nitrogens is 2. The van der Waals surface area contributed by atoms with Gasteiger partial charge in [-0.15, -0.1) is 0 Å². The average Bonchev–Trinajstić information content (AvgIpc) is 2.71. The molecule has 0 aliphatic heterocycles. The number of carbonyl (C=O) groups is 1. The second kappa shape index (κ2) is 4.57. The van der Waals surface area contributed by atoms with E-state index in [-0.39, 0.29) is 5.82 Å². The molecule has 0 bridgehead atoms. The molecule has 1 aromatic heterocycles. The molecule has 0 aliphatic carbocycles. The van der Waals surface area contributed by atoms with E-state index in [9.17, 15) is 9.18 Å². The highest BCUT2D eigenvalue weighted by Crippen LogP contribution is 2.16. The third-order valence-corrected chi connectivity index (χ3v) is 2.63. The second-order valence-electron chi connectivity index (χ2n) is 3.32. The Balaban J connectivity index is 2.26. The molecule has 0 atom stereocenters. The standard InChI is InChI=1S/C11H8BrFN2O/c12-9-1-2-11(13)8(3-9)4-15-5-10(6-16)14-7-15/h1-3,5-7H,4H2. The molecule has 0 fully saturated rings. The van der Waals surface area contributed by atoms with E-state index < -0.39 is 0 Å². The number of rotatable bonds is 3. The Bertz CT molecular complexity index is 524. The van der Waals surface area contributed by atoms with Crippen LogP contribution in [0.25, 0.3) is 0 Å². The fraction of sp³-hybridized carbons (Fsp3) is 0.0909. The summed E-state index contributed by atoms with van der Waals surface area (Å²) in [6.07, 6.45) is 3.74. The number of benzene rings is 1. The number of hydrogen-bond donors (Lipinski definition) is 0. The Morgan fingerprint density at radius 1 is 1.50 bits per heavy atom. The van der Waals surface area contributed by atoms with Crippen LogP contribution in [0.15, 0.2) is 35.2 Å². The molecular formula is C11H8BrFN2O. The predicted molar refractivity (Wildman–Crippen MR) is 60.8 cm³/mol. The summed E-state index contributed by atoms with van der Waals surface area (Å²) in [4.78, 5) is 14.3. The van der Waals surface area contributed by atoms with Crippen LogP contribution in [-0.2, 0) is 6.54 Å². The lowest BCUT2D eigenvalue weighted by molar-refractivity contribution is 0.111. The fourth-order valence-electron chi connectivity index (χ4n) is 1.39. The van der Waals surface area contributed by atoms with E-state index in [0.717, 1.165) is 4.47 Å². The smallest absolute Gasteiger partial charge is 0.169 e. The van der Waals surface area contributed by atoms with Crippen LogP contribution in [0.4, 0.5) is 4.39 Å². The highest BCUT2D eigenvalue weighted by Gasteiger charge is 2.04. The lowest BCUT2D eigenvalue weighted by Gasteiger charge is -2.04. The summed E-state index contributed by atoms with van der Waals surface area (Å²) in [5.41, 5.74) is 0.889. The minimum Gasteiger partial charge on any atom is -0.332 e. The van der Waals surface area contributed by atoms with Crippen LogP contribution in [0.3, 0.4) is 0 Å². The molecule has 5 heteroatoms. The maximum Gasteiger partial charge on any atom is 0.169 e. The summed E-state index contributed by atoms with van der Waals surface area (Å²) in [7, 11) is 0. The predicted octanol–water partition coefficient (Wildman–Crippen LogP) is 2.65. The zero-order valence-corrected chi connectivity index (χ0v) is 9.82. The first-order valence-electron chi connectivity index (χ1n) is 4.60. The summed E-state index contributed by atoms with van der Waals surface area (Å²) >= 11 is 3.28. The number of nitrogens with zero attached hydrogens (tertiary/aromatic N) is 2. The van der Waals surface area contributed by atoms with Gasteiger partial charge in [0.05, 0.1) is 12.9 Å². The molecule has 0 aliphatic rings. The van der Waals surface area contributed by atoms with Gasteiger partial charge in [-0.25, -0.2) is 9.37 Å². The van der Waals surface area contributed by atoms with Crippen molar-refractivity contribution in [3.63, 3.8) is 0 Å². The van der Waals surface area contributed by atoms with Crippen LogP contribution in [0.2, 0.25) is 0 Å². The van der Waals surface area contributed by atoms with Crippen molar-refractivity contribution in [2.75, 3.05) is 0 Å². The number of aldehydes is 1. The van der Waals surface area contributed by atoms with E-state index in [2.05, 4.69) is 20.9 Å². The fourth-order valence-corrected chi connectivity index (χ4v) is 1.79. The van der Waals surface area contributed by atoms with Crippen LogP contribution < -0.4 is 0 Å². The quantitative estimate of drug-likeness (QED) is 0.812. The molecule has 0 saturated heterocycles. The molecule has 0 spiro atoms. The third-order valence-electron chi connectivity index (χ3n) is 2.13. The van der Waals surface area contributed by atoms with Gasteiger partial charge in [-0.2, -0.15) is 0 Å². The molecule has 2 aromatic rings. The van der Waals surface area contributed by atoms with Crippen molar-refractivity contribution in [2.45, 2.75) is 6.54 Å². The van der Waals surface area contributed by atoms with E-state index in [4.69, 9.17) is 0 Å². The van der Waals surface area contributed by atoms with Crippen molar-refractivity contribution in [1.29, 1.82) is 0 Å². The maximum atomic E-state index is 13.4. The summed E-state index contributed by atoms with van der Waals surface area (Å²) in [5, 5.41) is 0. The van der Waals surface area contributed by atoms with Crippen molar-refractivity contribution in [1.82, 2.24) is 9.55 Å². The molecule has 3 nitrogen and oxygen atoms in total. The number of carbonyl (C=O) groups excluding carboxylic acids is 1. The molecule has 0 unspecified atom stereocenters. The van der Waals surface area contributed by atoms with Gasteiger partial charge in [0.1, 0.15) is 11.5 Å². The van der Waals surface area contributed by atoms with Gasteiger partial charge < -0.3 is 4.57 Å². The van der Waals surface area contributed by atoms with Crippen molar-refractivity contribution in [3.05, 3.63) is 52.3 Å². The van der Waals surface area contributed by atoms with Crippen LogP contribution >= 0.6 is 15.9 Å². The van der Waals surface area contributed by atoms with Crippen molar-refractivity contribution in [3.8, 4) is 0 Å². The van der Waals surface area contributed by atoms with Crippen molar-refractivity contribution >= 4 is 22.2 Å². The topological polar surface area (TPSA) is 34.9 Å². The zero-order valence-electron chi connectivity index (χ0n) is 8.23. The molecule has 0 amide bonds. The Hall–Kier alpha value is -1.49. The highest BCUT2D eigenvalue weighted by atomic mass is 79.9. The van der Waals surface area contributed by atoms with Crippen LogP contribution in [0.1, 0.15) is 16.1 Å². The third kappa shape index (κ3) is 2.36. The van der Waals surface area contributed by atoms with E-state index >= 15 is 0 Å². The van der Waals surface area contributed by atoms with Crippen LogP contribution in [0, 0.1) is 5.82 Å². The van der Waals surface area contributed by atoms with Gasteiger partial charge in [0, 0.05) is 16.2 Å². The Morgan fingerprint density at radius 2 is 2.31 bits per heavy atom. The zero-order chi connectivity index (χ0) is 11.5. The largest absolute Gasteiger partial charge is 0.332 e. The van der Waals surface area contributed by atoms with Crippen LogP contribution in [-0.4, -0.2) is 15.8 Å². The molecule has 0 radical (unpaired) electrons. The molecule has 82 valence electrons. The molecule has 1 heterocycles. The summed E-state index contributed by atoms with van der Waals surface area (Å²) < 4.78 is 15.9. The molecule has 0 saturated carbocycles. The summed E-state index contributed by atoms with van der Waals surface area (Å²) in [6.45, 7) is 0.353. The second-order valence-corrected chi connectivity index (χ2v) is 4.24. The first-order valence-corrected chi connectivity index (χ1v) is 5.39. The number of hydrogen-bond acceptors (Lipinski definition) is 2. The van der Waals surface area contributed by atoms with Crippen LogP contribution in [0.5, 0.6) is 0 Å². The van der Waals surface area contributed by atoms with Gasteiger partial charge in [-0.3, -0.25) is 4.79 Å².